The van der Waals surface area contributed by atoms with Gasteiger partial charge in [-0.15, -0.1) is 0 Å². The summed E-state index contributed by atoms with van der Waals surface area (Å²) in [4.78, 5) is 14.7. The third kappa shape index (κ3) is 3.82. The first kappa shape index (κ1) is 22.8. The minimum Gasteiger partial charge on any atom is -0.356 e. The van der Waals surface area contributed by atoms with Crippen LogP contribution < -0.4 is 5.32 Å². The zero-order chi connectivity index (χ0) is 22.8. The molecule has 2 fully saturated rings. The molecule has 2 aromatic rings. The summed E-state index contributed by atoms with van der Waals surface area (Å²) in [6, 6.07) is 17.5. The summed E-state index contributed by atoms with van der Waals surface area (Å²) >= 11 is 0. The van der Waals surface area contributed by atoms with E-state index in [2.05, 4.69) is 17.4 Å². The van der Waals surface area contributed by atoms with Gasteiger partial charge in [-0.2, -0.15) is 13.2 Å². The van der Waals surface area contributed by atoms with E-state index in [9.17, 15) is 18.0 Å². The molecule has 2 saturated heterocycles. The lowest BCUT2D eigenvalue weighted by Gasteiger charge is -2.50. The Morgan fingerprint density at radius 2 is 1.59 bits per heavy atom. The van der Waals surface area contributed by atoms with Crippen LogP contribution in [0.1, 0.15) is 36.3 Å². The molecule has 0 bridgehead atoms. The first-order valence-corrected chi connectivity index (χ1v) is 11.1. The molecule has 0 saturated carbocycles. The van der Waals surface area contributed by atoms with Crippen molar-refractivity contribution in [3.05, 3.63) is 71.8 Å². The molecule has 1 amide bonds. The van der Waals surface area contributed by atoms with E-state index in [1.54, 1.807) is 6.07 Å². The highest BCUT2D eigenvalue weighted by Gasteiger charge is 2.64. The van der Waals surface area contributed by atoms with Crippen molar-refractivity contribution >= 4 is 5.91 Å². The Balaban J connectivity index is 1.59. The maximum Gasteiger partial charge on any atom is 0.430 e. The number of likely N-dealkylation sites (tertiary alicyclic amines) is 1. The van der Waals surface area contributed by atoms with Crippen molar-refractivity contribution < 1.29 is 22.7 Å². The van der Waals surface area contributed by atoms with Crippen LogP contribution >= 0.6 is 0 Å². The van der Waals surface area contributed by atoms with Gasteiger partial charge in [0.2, 0.25) is 0 Å². The van der Waals surface area contributed by atoms with Crippen LogP contribution in [0.15, 0.2) is 60.7 Å². The number of carbonyl (C=O) groups excluding carboxylic acids is 1. The molecule has 2 atom stereocenters. The fraction of sp³-hybridized carbons (Fsp3) is 0.480. The van der Waals surface area contributed by atoms with Gasteiger partial charge in [-0.3, -0.25) is 4.79 Å². The topological polar surface area (TPSA) is 41.6 Å². The van der Waals surface area contributed by atoms with E-state index >= 15 is 0 Å². The maximum absolute atomic E-state index is 14.3. The van der Waals surface area contributed by atoms with Crippen molar-refractivity contribution in [3.63, 3.8) is 0 Å². The number of hydrogen-bond donors (Lipinski definition) is 1. The molecule has 0 radical (unpaired) electrons. The Morgan fingerprint density at radius 1 is 1.00 bits per heavy atom. The molecule has 0 aliphatic carbocycles. The Hall–Kier alpha value is -2.38. The minimum atomic E-state index is -4.88. The van der Waals surface area contributed by atoms with Crippen molar-refractivity contribution in [1.29, 1.82) is 0 Å². The molecule has 1 unspecified atom stereocenters. The van der Waals surface area contributed by atoms with Gasteiger partial charge in [0.15, 0.2) is 0 Å². The number of rotatable bonds is 4. The number of amides is 1. The van der Waals surface area contributed by atoms with E-state index in [-0.39, 0.29) is 30.0 Å². The predicted molar refractivity (Wildman–Crippen MR) is 116 cm³/mol. The quantitative estimate of drug-likeness (QED) is 0.753. The number of ether oxygens (including phenoxy) is 1. The number of nitrogens with one attached hydrogen (secondary N) is 1. The zero-order valence-corrected chi connectivity index (χ0v) is 18.2. The highest BCUT2D eigenvalue weighted by molar-refractivity contribution is 5.88. The molecular formula is C25H29F3N2O2. The zero-order valence-electron chi connectivity index (χ0n) is 18.2. The van der Waals surface area contributed by atoms with Gasteiger partial charge in [-0.25, -0.2) is 0 Å². The van der Waals surface area contributed by atoms with E-state index in [1.807, 2.05) is 18.2 Å². The molecule has 1 spiro atoms. The Morgan fingerprint density at radius 3 is 2.16 bits per heavy atom. The Kier molecular flexibility index (Phi) is 6.32. The highest BCUT2D eigenvalue weighted by Crippen LogP contribution is 2.50. The number of alkyl halides is 3. The van der Waals surface area contributed by atoms with E-state index < -0.39 is 17.7 Å². The van der Waals surface area contributed by atoms with Crippen LogP contribution in [-0.2, 0) is 15.1 Å². The van der Waals surface area contributed by atoms with Crippen molar-refractivity contribution in [2.45, 2.75) is 37.0 Å². The molecule has 4 rings (SSSR count). The van der Waals surface area contributed by atoms with Gasteiger partial charge < -0.3 is 15.0 Å². The lowest BCUT2D eigenvalue weighted by molar-refractivity contribution is -0.271. The summed E-state index contributed by atoms with van der Waals surface area (Å²) in [5.41, 5.74) is -1.97. The number of methoxy groups -OCH3 is 1. The standard InChI is InChI=1S/C25H29F3N2O2/c1-32-24(25(26,27)28,20-10-6-3-7-11-20)22(31)30-16-13-23(14-17-30)12-15-29-18-21(23)19-8-4-2-5-9-19/h2-11,21,29H,12-18H2,1H3/t21?,24-/m1/s1. The SMILES string of the molecule is CO[C@@](C(=O)N1CCC2(CCNCC2c2ccccc2)CC1)(c1ccccc1)C(F)(F)F. The Bertz CT molecular complexity index is 912. The molecule has 4 nitrogen and oxygen atoms in total. The molecule has 172 valence electrons. The summed E-state index contributed by atoms with van der Waals surface area (Å²) in [5, 5.41) is 3.46. The lowest BCUT2D eigenvalue weighted by atomic mass is 9.62. The molecule has 32 heavy (non-hydrogen) atoms. The fourth-order valence-electron chi connectivity index (χ4n) is 5.51. The molecule has 2 aliphatic heterocycles. The van der Waals surface area contributed by atoms with Gasteiger partial charge in [0.05, 0.1) is 0 Å². The van der Waals surface area contributed by atoms with Crippen LogP contribution in [0.2, 0.25) is 0 Å². The lowest BCUT2D eigenvalue weighted by Crippen LogP contribution is -2.59. The van der Waals surface area contributed by atoms with Gasteiger partial charge in [0, 0.05) is 38.2 Å². The number of carbonyl (C=O) groups is 1. The van der Waals surface area contributed by atoms with Crippen LogP contribution in [0.25, 0.3) is 0 Å². The number of hydrogen-bond acceptors (Lipinski definition) is 3. The molecule has 2 aromatic carbocycles. The summed E-state index contributed by atoms with van der Waals surface area (Å²) in [7, 11) is 0.960. The average Bonchev–Trinajstić information content (AvgIpc) is 2.81. The number of benzene rings is 2. The van der Waals surface area contributed by atoms with Crippen LogP contribution in [0.4, 0.5) is 13.2 Å². The molecule has 2 heterocycles. The van der Waals surface area contributed by atoms with Crippen molar-refractivity contribution in [2.75, 3.05) is 33.3 Å². The van der Waals surface area contributed by atoms with Crippen LogP contribution in [0.3, 0.4) is 0 Å². The third-order valence-corrected chi connectivity index (χ3v) is 7.32. The monoisotopic (exact) mass is 446 g/mol. The third-order valence-electron chi connectivity index (χ3n) is 7.32. The van der Waals surface area contributed by atoms with E-state index in [0.29, 0.717) is 12.8 Å². The second-order valence-electron chi connectivity index (χ2n) is 8.82. The second-order valence-corrected chi connectivity index (χ2v) is 8.82. The largest absolute Gasteiger partial charge is 0.430 e. The fourth-order valence-corrected chi connectivity index (χ4v) is 5.51. The van der Waals surface area contributed by atoms with Gasteiger partial charge in [0.25, 0.3) is 11.5 Å². The van der Waals surface area contributed by atoms with Crippen molar-refractivity contribution in [1.82, 2.24) is 10.2 Å². The van der Waals surface area contributed by atoms with Gasteiger partial charge in [0.1, 0.15) is 0 Å². The summed E-state index contributed by atoms with van der Waals surface area (Å²) in [6.45, 7) is 2.30. The molecule has 7 heteroatoms. The smallest absolute Gasteiger partial charge is 0.356 e. The first-order valence-electron chi connectivity index (χ1n) is 11.1. The van der Waals surface area contributed by atoms with Crippen LogP contribution in [0, 0.1) is 5.41 Å². The first-order chi connectivity index (χ1) is 15.3. The number of nitrogens with zero attached hydrogens (tertiary/aromatic N) is 1. The molecule has 2 aliphatic rings. The summed E-state index contributed by atoms with van der Waals surface area (Å²) in [6.07, 6.45) is -2.59. The van der Waals surface area contributed by atoms with Crippen molar-refractivity contribution in [3.8, 4) is 0 Å². The predicted octanol–water partition coefficient (Wildman–Crippen LogP) is 4.48. The molecule has 1 N–H and O–H groups in total. The van der Waals surface area contributed by atoms with Gasteiger partial charge >= 0.3 is 6.18 Å². The highest BCUT2D eigenvalue weighted by atomic mass is 19.4. The van der Waals surface area contributed by atoms with Crippen LogP contribution in [0.5, 0.6) is 0 Å². The average molecular weight is 447 g/mol. The van der Waals surface area contributed by atoms with Gasteiger partial charge in [-0.1, -0.05) is 60.7 Å². The maximum atomic E-state index is 14.3. The van der Waals surface area contributed by atoms with Crippen molar-refractivity contribution in [2.24, 2.45) is 5.41 Å². The van der Waals surface area contributed by atoms with E-state index in [4.69, 9.17) is 4.74 Å². The van der Waals surface area contributed by atoms with Crippen LogP contribution in [-0.4, -0.2) is 50.3 Å². The normalized spacial score (nSPS) is 23.0. The van der Waals surface area contributed by atoms with E-state index in [1.165, 1.54) is 34.7 Å². The number of piperidine rings is 2. The summed E-state index contributed by atoms with van der Waals surface area (Å²) < 4.78 is 48.0. The molecular weight excluding hydrogens is 417 g/mol. The number of halogens is 3. The Labute approximate surface area is 186 Å². The second kappa shape index (κ2) is 8.87. The van der Waals surface area contributed by atoms with Gasteiger partial charge in [-0.05, 0) is 36.8 Å². The summed E-state index contributed by atoms with van der Waals surface area (Å²) in [5.74, 6) is -0.752. The molecule has 0 aromatic heterocycles. The van der Waals surface area contributed by atoms with E-state index in [0.717, 1.165) is 26.6 Å². The minimum absolute atomic E-state index is 0.0237.